The van der Waals surface area contributed by atoms with Gasteiger partial charge in [0.2, 0.25) is 0 Å². The molecule has 0 spiro atoms. The summed E-state index contributed by atoms with van der Waals surface area (Å²) in [6.45, 7) is 12.8. The van der Waals surface area contributed by atoms with Crippen LogP contribution in [0.15, 0.2) is 12.3 Å². The first-order valence-corrected chi connectivity index (χ1v) is 7.39. The molecule has 0 saturated heterocycles. The summed E-state index contributed by atoms with van der Waals surface area (Å²) in [7, 11) is 0. The van der Waals surface area contributed by atoms with Crippen molar-refractivity contribution in [2.45, 2.75) is 40.0 Å². The molecule has 1 atom stereocenters. The second-order valence-electron chi connectivity index (χ2n) is 4.15. The molecular weight excluding hydrogens is 248 g/mol. The Balaban J connectivity index is 2.69. The van der Waals surface area contributed by atoms with E-state index in [1.54, 1.807) is 11.8 Å². The first-order valence-electron chi connectivity index (χ1n) is 6.10. The number of thiocarbonyl (C=S) groups is 1. The van der Waals surface area contributed by atoms with Gasteiger partial charge in [-0.1, -0.05) is 24.0 Å². The Kier molecular flexibility index (Phi) is 5.53. The van der Waals surface area contributed by atoms with Gasteiger partial charge in [-0.25, -0.2) is 0 Å². The van der Waals surface area contributed by atoms with E-state index in [1.807, 2.05) is 0 Å². The second-order valence-corrected chi connectivity index (χ2v) is 6.10. The highest BCUT2D eigenvalue weighted by atomic mass is 32.2. The van der Waals surface area contributed by atoms with Gasteiger partial charge in [-0.2, -0.15) is 0 Å². The van der Waals surface area contributed by atoms with Crippen molar-refractivity contribution >= 4 is 28.3 Å². The van der Waals surface area contributed by atoms with Crippen LogP contribution in [-0.4, -0.2) is 26.9 Å². The third kappa shape index (κ3) is 3.49. The first kappa shape index (κ1) is 14.6. The highest BCUT2D eigenvalue weighted by molar-refractivity contribution is 8.22. The van der Waals surface area contributed by atoms with Gasteiger partial charge in [0, 0.05) is 25.0 Å². The summed E-state index contributed by atoms with van der Waals surface area (Å²) >= 11 is 7.23. The molecule has 0 saturated carbocycles. The minimum atomic E-state index is 0.358. The lowest BCUT2D eigenvalue weighted by Gasteiger charge is -2.24. The molecule has 0 radical (unpaired) electrons. The highest BCUT2D eigenvalue weighted by Gasteiger charge is 2.14. The summed E-state index contributed by atoms with van der Waals surface area (Å²) in [6.07, 6.45) is 2.15. The lowest BCUT2D eigenvalue weighted by Crippen LogP contribution is -2.27. The summed E-state index contributed by atoms with van der Waals surface area (Å²) in [6, 6.07) is 2.16. The number of rotatable bonds is 4. The summed E-state index contributed by atoms with van der Waals surface area (Å²) in [5.74, 6) is 0. The van der Waals surface area contributed by atoms with E-state index < -0.39 is 0 Å². The molecule has 4 heteroatoms. The van der Waals surface area contributed by atoms with E-state index >= 15 is 0 Å². The Hall–Kier alpha value is -0.480. The van der Waals surface area contributed by atoms with Crippen molar-refractivity contribution < 1.29 is 0 Å². The van der Waals surface area contributed by atoms with E-state index in [1.165, 1.54) is 11.3 Å². The molecule has 0 bridgehead atoms. The molecule has 1 heterocycles. The molecule has 1 aromatic rings. The normalized spacial score (nSPS) is 12.5. The number of thioether (sulfide) groups is 1. The van der Waals surface area contributed by atoms with Crippen molar-refractivity contribution in [3.8, 4) is 0 Å². The lowest BCUT2D eigenvalue weighted by molar-refractivity contribution is 0.481. The van der Waals surface area contributed by atoms with Crippen LogP contribution < -0.4 is 0 Å². The van der Waals surface area contributed by atoms with Gasteiger partial charge in [-0.15, -0.1) is 0 Å². The van der Waals surface area contributed by atoms with E-state index in [0.29, 0.717) is 5.37 Å². The third-order valence-corrected chi connectivity index (χ3v) is 4.70. The summed E-state index contributed by atoms with van der Waals surface area (Å²) in [4.78, 5) is 2.22. The molecule has 0 aliphatic rings. The van der Waals surface area contributed by atoms with E-state index in [2.05, 4.69) is 56.3 Å². The monoisotopic (exact) mass is 270 g/mol. The zero-order valence-corrected chi connectivity index (χ0v) is 13.0. The third-order valence-electron chi connectivity index (χ3n) is 3.13. The lowest BCUT2D eigenvalue weighted by atomic mass is 10.3. The molecule has 0 N–H and O–H groups in total. The van der Waals surface area contributed by atoms with Crippen LogP contribution in [0.3, 0.4) is 0 Å². The standard InChI is InChI=1S/C13H22N2S2/c1-6-14(7-2)13(16)17-12(5)15-9-8-10(3)11(15)4/h8-9,12H,6-7H2,1-5H3. The molecule has 1 rings (SSSR count). The Morgan fingerprint density at radius 3 is 2.41 bits per heavy atom. The zero-order chi connectivity index (χ0) is 13.0. The number of hydrogen-bond acceptors (Lipinski definition) is 2. The van der Waals surface area contributed by atoms with Crippen LogP contribution in [0, 0.1) is 13.8 Å². The quantitative estimate of drug-likeness (QED) is 0.765. The molecule has 0 aromatic carbocycles. The summed E-state index contributed by atoms with van der Waals surface area (Å²) in [5, 5.41) is 0.358. The number of hydrogen-bond donors (Lipinski definition) is 0. The van der Waals surface area contributed by atoms with Crippen LogP contribution in [0.5, 0.6) is 0 Å². The van der Waals surface area contributed by atoms with Crippen molar-refractivity contribution in [2.24, 2.45) is 0 Å². The molecule has 96 valence electrons. The largest absolute Gasteiger partial charge is 0.358 e. The van der Waals surface area contributed by atoms with Gasteiger partial charge in [-0.05, 0) is 46.2 Å². The van der Waals surface area contributed by atoms with Crippen molar-refractivity contribution in [2.75, 3.05) is 13.1 Å². The van der Waals surface area contributed by atoms with Crippen LogP contribution in [0.1, 0.15) is 37.4 Å². The predicted molar refractivity (Wildman–Crippen MR) is 81.7 cm³/mol. The molecule has 0 aliphatic heterocycles. The second kappa shape index (κ2) is 6.45. The first-order chi connectivity index (χ1) is 8.01. The highest BCUT2D eigenvalue weighted by Crippen LogP contribution is 2.27. The number of nitrogens with zero attached hydrogens (tertiary/aromatic N) is 2. The van der Waals surface area contributed by atoms with Gasteiger partial charge in [0.25, 0.3) is 0 Å². The van der Waals surface area contributed by atoms with E-state index in [-0.39, 0.29) is 0 Å². The Bertz CT molecular complexity index is 381. The van der Waals surface area contributed by atoms with Crippen molar-refractivity contribution in [1.82, 2.24) is 9.47 Å². The SMILES string of the molecule is CCN(CC)C(=S)SC(C)n1ccc(C)c1C. The van der Waals surface area contributed by atoms with Crippen LogP contribution in [-0.2, 0) is 0 Å². The molecule has 0 aliphatic carbocycles. The minimum Gasteiger partial charge on any atom is -0.358 e. The van der Waals surface area contributed by atoms with Gasteiger partial charge in [0.15, 0.2) is 0 Å². The Labute approximate surface area is 114 Å². The van der Waals surface area contributed by atoms with E-state index in [4.69, 9.17) is 12.2 Å². The van der Waals surface area contributed by atoms with Crippen LogP contribution in [0.25, 0.3) is 0 Å². The number of aromatic nitrogens is 1. The van der Waals surface area contributed by atoms with Crippen LogP contribution >= 0.6 is 24.0 Å². The molecular formula is C13H22N2S2. The molecule has 0 amide bonds. The van der Waals surface area contributed by atoms with Crippen LogP contribution in [0.2, 0.25) is 0 Å². The smallest absolute Gasteiger partial charge is 0.138 e. The fourth-order valence-corrected chi connectivity index (χ4v) is 3.50. The molecule has 17 heavy (non-hydrogen) atoms. The number of aryl methyl sites for hydroxylation is 1. The molecule has 2 nitrogen and oxygen atoms in total. The average Bonchev–Trinajstić information content (AvgIpc) is 2.61. The maximum absolute atomic E-state index is 5.48. The van der Waals surface area contributed by atoms with E-state index in [9.17, 15) is 0 Å². The van der Waals surface area contributed by atoms with Crippen molar-refractivity contribution in [3.05, 3.63) is 23.5 Å². The molecule has 0 fully saturated rings. The van der Waals surface area contributed by atoms with Gasteiger partial charge < -0.3 is 9.47 Å². The molecule has 1 aromatic heterocycles. The van der Waals surface area contributed by atoms with Gasteiger partial charge in [0.05, 0.1) is 5.37 Å². The van der Waals surface area contributed by atoms with E-state index in [0.717, 1.165) is 17.4 Å². The summed E-state index contributed by atoms with van der Waals surface area (Å²) < 4.78 is 3.28. The maximum atomic E-state index is 5.48. The van der Waals surface area contributed by atoms with Gasteiger partial charge in [0.1, 0.15) is 4.32 Å². The fourth-order valence-electron chi connectivity index (χ4n) is 1.78. The fraction of sp³-hybridized carbons (Fsp3) is 0.615. The maximum Gasteiger partial charge on any atom is 0.138 e. The zero-order valence-electron chi connectivity index (χ0n) is 11.4. The average molecular weight is 270 g/mol. The Morgan fingerprint density at radius 1 is 1.41 bits per heavy atom. The van der Waals surface area contributed by atoms with Crippen molar-refractivity contribution in [1.29, 1.82) is 0 Å². The van der Waals surface area contributed by atoms with Crippen LogP contribution in [0.4, 0.5) is 0 Å². The van der Waals surface area contributed by atoms with Gasteiger partial charge in [-0.3, -0.25) is 0 Å². The van der Waals surface area contributed by atoms with Gasteiger partial charge >= 0.3 is 0 Å². The minimum absolute atomic E-state index is 0.358. The van der Waals surface area contributed by atoms with Crippen molar-refractivity contribution in [3.63, 3.8) is 0 Å². The topological polar surface area (TPSA) is 8.17 Å². The predicted octanol–water partition coefficient (Wildman–Crippen LogP) is 3.98. The molecule has 1 unspecified atom stereocenters. The summed E-state index contributed by atoms with van der Waals surface area (Å²) in [5.41, 5.74) is 2.67. The Morgan fingerprint density at radius 2 is 2.00 bits per heavy atom.